The minimum atomic E-state index is 0.785. The molecule has 0 fully saturated rings. The van der Waals surface area contributed by atoms with E-state index in [0.717, 1.165) is 12.5 Å². The Morgan fingerprint density at radius 3 is 2.44 bits per heavy atom. The highest BCUT2D eigenvalue weighted by atomic mass is 14.8. The molecule has 0 saturated carbocycles. The average molecular weight is 219 g/mol. The maximum Gasteiger partial charge on any atom is -0.00203 e. The Kier molecular flexibility index (Phi) is 6.17. The lowest BCUT2D eigenvalue weighted by Gasteiger charge is -2.16. The van der Waals surface area contributed by atoms with Gasteiger partial charge in [-0.3, -0.25) is 0 Å². The van der Waals surface area contributed by atoms with Crippen LogP contribution in [0.5, 0.6) is 0 Å². The second kappa shape index (κ2) is 7.45. The third-order valence-electron chi connectivity index (χ3n) is 3.10. The number of unbranched alkanes of at least 4 members (excludes halogenated alkanes) is 1. The number of aryl methyl sites for hydroxylation is 1. The zero-order chi connectivity index (χ0) is 11.8. The monoisotopic (exact) mass is 219 g/mol. The van der Waals surface area contributed by atoms with Gasteiger partial charge in [0.05, 0.1) is 0 Å². The largest absolute Gasteiger partial charge is 0.319 e. The molecule has 90 valence electrons. The summed E-state index contributed by atoms with van der Waals surface area (Å²) in [6.45, 7) is 5.54. The summed E-state index contributed by atoms with van der Waals surface area (Å²) < 4.78 is 0. The van der Waals surface area contributed by atoms with Crippen LogP contribution < -0.4 is 5.32 Å². The van der Waals surface area contributed by atoms with Crippen LogP contribution in [0, 0.1) is 12.8 Å². The first-order valence-corrected chi connectivity index (χ1v) is 6.46. The Labute approximate surface area is 100 Å². The molecular weight excluding hydrogens is 194 g/mol. The lowest BCUT2D eigenvalue weighted by molar-refractivity contribution is 0.444. The molecule has 1 N–H and O–H groups in total. The molecule has 0 aliphatic carbocycles. The number of rotatable bonds is 7. The highest BCUT2D eigenvalue weighted by molar-refractivity contribution is 5.21. The van der Waals surface area contributed by atoms with E-state index in [2.05, 4.69) is 43.4 Å². The fraction of sp³-hybridized carbons (Fsp3) is 0.600. The van der Waals surface area contributed by atoms with Gasteiger partial charge in [0.25, 0.3) is 0 Å². The number of nitrogens with one attached hydrogen (secondary N) is 1. The van der Waals surface area contributed by atoms with Crippen molar-refractivity contribution >= 4 is 0 Å². The number of benzene rings is 1. The summed E-state index contributed by atoms with van der Waals surface area (Å²) in [5.74, 6) is 0.785. The summed E-state index contributed by atoms with van der Waals surface area (Å²) >= 11 is 0. The van der Waals surface area contributed by atoms with Gasteiger partial charge in [-0.1, -0.05) is 49.6 Å². The van der Waals surface area contributed by atoms with E-state index in [1.165, 1.54) is 36.8 Å². The molecule has 0 aliphatic rings. The molecule has 0 aromatic heterocycles. The van der Waals surface area contributed by atoms with E-state index < -0.39 is 0 Å². The summed E-state index contributed by atoms with van der Waals surface area (Å²) in [4.78, 5) is 0. The van der Waals surface area contributed by atoms with Crippen molar-refractivity contribution in [1.82, 2.24) is 5.32 Å². The van der Waals surface area contributed by atoms with Gasteiger partial charge >= 0.3 is 0 Å². The van der Waals surface area contributed by atoms with Crippen molar-refractivity contribution < 1.29 is 0 Å². The zero-order valence-corrected chi connectivity index (χ0v) is 10.9. The molecule has 1 atom stereocenters. The van der Waals surface area contributed by atoms with Gasteiger partial charge < -0.3 is 5.32 Å². The standard InChI is InChI=1S/C15H25N/c1-4-5-6-15(12-16-3)11-14-9-7-13(2)8-10-14/h7-10,15-16H,4-6,11-12H2,1-3H3. The van der Waals surface area contributed by atoms with Crippen LogP contribution in [0.2, 0.25) is 0 Å². The van der Waals surface area contributed by atoms with Crippen LogP contribution in [0.3, 0.4) is 0 Å². The van der Waals surface area contributed by atoms with Gasteiger partial charge in [0, 0.05) is 0 Å². The van der Waals surface area contributed by atoms with E-state index in [1.54, 1.807) is 0 Å². The Bertz CT molecular complexity index is 276. The lowest BCUT2D eigenvalue weighted by atomic mass is 9.94. The van der Waals surface area contributed by atoms with Gasteiger partial charge in [0.2, 0.25) is 0 Å². The molecule has 0 radical (unpaired) electrons. The molecule has 1 aromatic carbocycles. The molecule has 1 unspecified atom stereocenters. The van der Waals surface area contributed by atoms with Crippen molar-refractivity contribution in [1.29, 1.82) is 0 Å². The van der Waals surface area contributed by atoms with Crippen LogP contribution in [0.1, 0.15) is 37.3 Å². The van der Waals surface area contributed by atoms with Crippen LogP contribution in [0.4, 0.5) is 0 Å². The SMILES string of the molecule is CCCCC(CNC)Cc1ccc(C)cc1. The quantitative estimate of drug-likeness (QED) is 0.739. The van der Waals surface area contributed by atoms with Crippen molar-refractivity contribution in [2.45, 2.75) is 39.5 Å². The summed E-state index contributed by atoms with van der Waals surface area (Å²) in [7, 11) is 2.05. The molecule has 0 heterocycles. The van der Waals surface area contributed by atoms with Crippen LogP contribution >= 0.6 is 0 Å². The molecular formula is C15H25N. The van der Waals surface area contributed by atoms with Crippen LogP contribution in [0.15, 0.2) is 24.3 Å². The highest BCUT2D eigenvalue weighted by Gasteiger charge is 2.08. The first kappa shape index (κ1) is 13.2. The van der Waals surface area contributed by atoms with Crippen LogP contribution in [-0.2, 0) is 6.42 Å². The van der Waals surface area contributed by atoms with E-state index in [0.29, 0.717) is 0 Å². The maximum atomic E-state index is 3.31. The van der Waals surface area contributed by atoms with Gasteiger partial charge in [0.15, 0.2) is 0 Å². The summed E-state index contributed by atoms with van der Waals surface area (Å²) in [6, 6.07) is 8.96. The molecule has 1 heteroatoms. The maximum absolute atomic E-state index is 3.31. The van der Waals surface area contributed by atoms with Gasteiger partial charge in [0.1, 0.15) is 0 Å². The lowest BCUT2D eigenvalue weighted by Crippen LogP contribution is -2.20. The second-order valence-corrected chi connectivity index (χ2v) is 4.76. The third-order valence-corrected chi connectivity index (χ3v) is 3.10. The van der Waals surface area contributed by atoms with E-state index in [1.807, 2.05) is 7.05 Å². The Morgan fingerprint density at radius 1 is 1.19 bits per heavy atom. The molecule has 0 spiro atoms. The normalized spacial score (nSPS) is 12.7. The number of hydrogen-bond acceptors (Lipinski definition) is 1. The second-order valence-electron chi connectivity index (χ2n) is 4.76. The van der Waals surface area contributed by atoms with E-state index >= 15 is 0 Å². The number of hydrogen-bond donors (Lipinski definition) is 1. The van der Waals surface area contributed by atoms with Crippen LogP contribution in [-0.4, -0.2) is 13.6 Å². The molecule has 1 nitrogen and oxygen atoms in total. The molecule has 1 aromatic rings. The van der Waals surface area contributed by atoms with Gasteiger partial charge in [-0.2, -0.15) is 0 Å². The minimum absolute atomic E-state index is 0.785. The highest BCUT2D eigenvalue weighted by Crippen LogP contribution is 2.15. The predicted octanol–water partition coefficient (Wildman–Crippen LogP) is 3.56. The van der Waals surface area contributed by atoms with Gasteiger partial charge in [-0.25, -0.2) is 0 Å². The average Bonchev–Trinajstić information content (AvgIpc) is 2.29. The van der Waals surface area contributed by atoms with Crippen molar-refractivity contribution in [3.05, 3.63) is 35.4 Å². The first-order valence-electron chi connectivity index (χ1n) is 6.46. The van der Waals surface area contributed by atoms with Crippen molar-refractivity contribution in [2.24, 2.45) is 5.92 Å². The summed E-state index contributed by atoms with van der Waals surface area (Å²) in [5, 5.41) is 3.31. The Hall–Kier alpha value is -0.820. The fourth-order valence-corrected chi connectivity index (χ4v) is 2.12. The Morgan fingerprint density at radius 2 is 1.88 bits per heavy atom. The smallest absolute Gasteiger partial charge is 0.00203 e. The molecule has 0 bridgehead atoms. The first-order chi connectivity index (χ1) is 7.76. The molecule has 1 rings (SSSR count). The van der Waals surface area contributed by atoms with E-state index in [9.17, 15) is 0 Å². The fourth-order valence-electron chi connectivity index (χ4n) is 2.12. The molecule has 0 aliphatic heterocycles. The summed E-state index contributed by atoms with van der Waals surface area (Å²) in [6.07, 6.45) is 5.19. The van der Waals surface area contributed by atoms with E-state index in [-0.39, 0.29) is 0 Å². The summed E-state index contributed by atoms with van der Waals surface area (Å²) in [5.41, 5.74) is 2.82. The third kappa shape index (κ3) is 4.80. The molecule has 0 amide bonds. The zero-order valence-electron chi connectivity index (χ0n) is 10.9. The molecule has 16 heavy (non-hydrogen) atoms. The van der Waals surface area contributed by atoms with Crippen molar-refractivity contribution in [3.8, 4) is 0 Å². The Balaban J connectivity index is 2.49. The van der Waals surface area contributed by atoms with Crippen LogP contribution in [0.25, 0.3) is 0 Å². The van der Waals surface area contributed by atoms with Gasteiger partial charge in [-0.05, 0) is 44.8 Å². The topological polar surface area (TPSA) is 12.0 Å². The van der Waals surface area contributed by atoms with Crippen molar-refractivity contribution in [3.63, 3.8) is 0 Å². The van der Waals surface area contributed by atoms with Crippen molar-refractivity contribution in [2.75, 3.05) is 13.6 Å². The van der Waals surface area contributed by atoms with E-state index in [4.69, 9.17) is 0 Å². The predicted molar refractivity (Wildman–Crippen MR) is 71.8 cm³/mol. The minimum Gasteiger partial charge on any atom is -0.319 e. The van der Waals surface area contributed by atoms with Gasteiger partial charge in [-0.15, -0.1) is 0 Å². The molecule has 0 saturated heterocycles.